The van der Waals surface area contributed by atoms with E-state index in [9.17, 15) is 9.59 Å². The van der Waals surface area contributed by atoms with Gasteiger partial charge in [0.1, 0.15) is 6.04 Å². The van der Waals surface area contributed by atoms with Gasteiger partial charge >= 0.3 is 5.97 Å². The highest BCUT2D eigenvalue weighted by molar-refractivity contribution is 5.95. The van der Waals surface area contributed by atoms with E-state index < -0.39 is 12.0 Å². The molecule has 7 heteroatoms. The smallest absolute Gasteiger partial charge is 0.326 e. The molecule has 7 nitrogen and oxygen atoms in total. The molecule has 86 valence electrons. The Bertz CT molecular complexity index is 428. The first-order chi connectivity index (χ1) is 7.59. The van der Waals surface area contributed by atoms with Crippen molar-refractivity contribution in [1.29, 1.82) is 0 Å². The van der Waals surface area contributed by atoms with Gasteiger partial charge in [0, 0.05) is 13.6 Å². The molecule has 0 aliphatic carbocycles. The Morgan fingerprint density at radius 1 is 1.56 bits per heavy atom. The molecule has 2 rings (SSSR count). The van der Waals surface area contributed by atoms with Crippen LogP contribution in [0.1, 0.15) is 23.3 Å². The lowest BCUT2D eigenvalue weighted by Gasteiger charge is -2.19. The van der Waals surface area contributed by atoms with Crippen molar-refractivity contribution in [2.24, 2.45) is 7.05 Å². The molecule has 2 heterocycles. The third-order valence-corrected chi connectivity index (χ3v) is 2.62. The second-order valence-electron chi connectivity index (χ2n) is 3.77. The molecule has 1 aliphatic heterocycles. The summed E-state index contributed by atoms with van der Waals surface area (Å²) < 4.78 is 1.42. The molecule has 0 spiro atoms. The fourth-order valence-corrected chi connectivity index (χ4v) is 1.86. The van der Waals surface area contributed by atoms with Gasteiger partial charge in [0.25, 0.3) is 5.91 Å². The van der Waals surface area contributed by atoms with E-state index >= 15 is 0 Å². The van der Waals surface area contributed by atoms with Crippen LogP contribution >= 0.6 is 0 Å². The number of carboxylic acids is 1. The van der Waals surface area contributed by atoms with Crippen molar-refractivity contribution in [2.45, 2.75) is 18.9 Å². The van der Waals surface area contributed by atoms with Crippen molar-refractivity contribution < 1.29 is 14.7 Å². The lowest BCUT2D eigenvalue weighted by Crippen LogP contribution is -2.40. The minimum Gasteiger partial charge on any atom is -0.480 e. The van der Waals surface area contributed by atoms with E-state index in [-0.39, 0.29) is 11.6 Å². The topological polar surface area (TPSA) is 88.3 Å². The van der Waals surface area contributed by atoms with E-state index in [0.717, 1.165) is 0 Å². The summed E-state index contributed by atoms with van der Waals surface area (Å²) in [5.74, 6) is -1.33. The standard InChI is InChI=1S/C9H12N4O3/c1-12-5-6(10-11-12)8(14)13-4-2-3-7(13)9(15)16/h5,7H,2-4H2,1H3,(H,15,16). The molecule has 1 aromatic heterocycles. The minimum atomic E-state index is -0.963. The maximum Gasteiger partial charge on any atom is 0.326 e. The average molecular weight is 224 g/mol. The fraction of sp³-hybridized carbons (Fsp3) is 0.556. The number of likely N-dealkylation sites (tertiary alicyclic amines) is 1. The summed E-state index contributed by atoms with van der Waals surface area (Å²) >= 11 is 0. The first-order valence-electron chi connectivity index (χ1n) is 4.99. The first kappa shape index (κ1) is 10.6. The third-order valence-electron chi connectivity index (χ3n) is 2.62. The van der Waals surface area contributed by atoms with E-state index in [1.165, 1.54) is 15.8 Å². The number of rotatable bonds is 2. The highest BCUT2D eigenvalue weighted by Gasteiger charge is 2.35. The zero-order chi connectivity index (χ0) is 11.7. The second kappa shape index (κ2) is 3.92. The van der Waals surface area contributed by atoms with Gasteiger partial charge in [-0.2, -0.15) is 0 Å². The van der Waals surface area contributed by atoms with Gasteiger partial charge in [-0.25, -0.2) is 4.79 Å². The molecule has 1 atom stereocenters. The quantitative estimate of drug-likeness (QED) is 0.731. The Morgan fingerprint density at radius 2 is 2.31 bits per heavy atom. The Morgan fingerprint density at radius 3 is 2.88 bits per heavy atom. The zero-order valence-corrected chi connectivity index (χ0v) is 8.83. The Hall–Kier alpha value is -1.92. The minimum absolute atomic E-state index is 0.190. The van der Waals surface area contributed by atoms with Crippen LogP contribution in [-0.4, -0.2) is 49.5 Å². The summed E-state index contributed by atoms with van der Waals surface area (Å²) in [5, 5.41) is 16.3. The number of aliphatic carboxylic acids is 1. The second-order valence-corrected chi connectivity index (χ2v) is 3.77. The number of hydrogen-bond acceptors (Lipinski definition) is 4. The van der Waals surface area contributed by atoms with E-state index in [4.69, 9.17) is 5.11 Å². The van der Waals surface area contributed by atoms with Crippen LogP contribution in [0.5, 0.6) is 0 Å². The summed E-state index contributed by atoms with van der Waals surface area (Å²) in [6.45, 7) is 0.465. The number of carboxylic acid groups (broad SMARTS) is 1. The van der Waals surface area contributed by atoms with Gasteiger partial charge in [0.15, 0.2) is 5.69 Å². The maximum absolute atomic E-state index is 11.9. The summed E-state index contributed by atoms with van der Waals surface area (Å²) in [4.78, 5) is 24.2. The van der Waals surface area contributed by atoms with Crippen molar-refractivity contribution >= 4 is 11.9 Å². The number of carbonyl (C=O) groups excluding carboxylic acids is 1. The van der Waals surface area contributed by atoms with E-state index in [1.807, 2.05) is 0 Å². The van der Waals surface area contributed by atoms with Crippen molar-refractivity contribution in [1.82, 2.24) is 19.9 Å². The molecule has 1 N–H and O–H groups in total. The van der Waals surface area contributed by atoms with Crippen LogP contribution in [0.25, 0.3) is 0 Å². The highest BCUT2D eigenvalue weighted by Crippen LogP contribution is 2.19. The first-order valence-corrected chi connectivity index (χ1v) is 4.99. The number of aryl methyl sites for hydroxylation is 1. The van der Waals surface area contributed by atoms with Gasteiger partial charge in [-0.05, 0) is 12.8 Å². The molecule has 1 aromatic rings. The maximum atomic E-state index is 11.9. The van der Waals surface area contributed by atoms with Crippen molar-refractivity contribution in [3.8, 4) is 0 Å². The molecular weight excluding hydrogens is 212 g/mol. The molecule has 0 aromatic carbocycles. The van der Waals surface area contributed by atoms with Crippen LogP contribution in [-0.2, 0) is 11.8 Å². The largest absolute Gasteiger partial charge is 0.480 e. The van der Waals surface area contributed by atoms with Crippen LogP contribution in [0.2, 0.25) is 0 Å². The summed E-state index contributed by atoms with van der Waals surface area (Å²) in [6.07, 6.45) is 2.70. The molecule has 16 heavy (non-hydrogen) atoms. The molecule has 1 fully saturated rings. The van der Waals surface area contributed by atoms with Gasteiger partial charge in [-0.15, -0.1) is 5.10 Å². The van der Waals surface area contributed by atoms with Crippen LogP contribution in [0, 0.1) is 0 Å². The molecule has 1 unspecified atom stereocenters. The van der Waals surface area contributed by atoms with Crippen LogP contribution in [0.4, 0.5) is 0 Å². The van der Waals surface area contributed by atoms with Gasteiger partial charge in [-0.1, -0.05) is 5.21 Å². The third kappa shape index (κ3) is 1.75. The van der Waals surface area contributed by atoms with E-state index in [1.54, 1.807) is 7.05 Å². The molecule has 0 saturated carbocycles. The molecule has 0 bridgehead atoms. The van der Waals surface area contributed by atoms with Crippen LogP contribution in [0.15, 0.2) is 6.20 Å². The number of nitrogens with zero attached hydrogens (tertiary/aromatic N) is 4. The summed E-state index contributed by atoms with van der Waals surface area (Å²) in [7, 11) is 1.66. The summed E-state index contributed by atoms with van der Waals surface area (Å²) in [5.41, 5.74) is 0.190. The fourth-order valence-electron chi connectivity index (χ4n) is 1.86. The van der Waals surface area contributed by atoms with Gasteiger partial charge < -0.3 is 10.0 Å². The van der Waals surface area contributed by atoms with Crippen molar-refractivity contribution in [3.63, 3.8) is 0 Å². The Kier molecular flexibility index (Phi) is 2.59. The van der Waals surface area contributed by atoms with Crippen LogP contribution < -0.4 is 0 Å². The highest BCUT2D eigenvalue weighted by atomic mass is 16.4. The lowest BCUT2D eigenvalue weighted by atomic mass is 10.2. The normalized spacial score (nSPS) is 20.1. The number of hydrogen-bond donors (Lipinski definition) is 1. The SMILES string of the molecule is Cn1cc(C(=O)N2CCCC2C(=O)O)nn1. The zero-order valence-electron chi connectivity index (χ0n) is 8.83. The molecule has 1 aliphatic rings. The van der Waals surface area contributed by atoms with Gasteiger partial charge in [0.2, 0.25) is 0 Å². The number of aromatic nitrogens is 3. The predicted molar refractivity (Wildman–Crippen MR) is 52.7 cm³/mol. The lowest BCUT2D eigenvalue weighted by molar-refractivity contribution is -0.141. The Balaban J connectivity index is 2.18. The van der Waals surface area contributed by atoms with Gasteiger partial charge in [0.05, 0.1) is 6.20 Å². The van der Waals surface area contributed by atoms with E-state index in [0.29, 0.717) is 19.4 Å². The monoisotopic (exact) mass is 224 g/mol. The molecule has 0 radical (unpaired) electrons. The van der Waals surface area contributed by atoms with E-state index in [2.05, 4.69) is 10.3 Å². The van der Waals surface area contributed by atoms with Gasteiger partial charge in [-0.3, -0.25) is 9.48 Å². The van der Waals surface area contributed by atoms with Crippen LogP contribution in [0.3, 0.4) is 0 Å². The number of amides is 1. The number of carbonyl (C=O) groups is 2. The predicted octanol–water partition coefficient (Wildman–Crippen LogP) is -0.496. The molecule has 1 saturated heterocycles. The molecule has 1 amide bonds. The summed E-state index contributed by atoms with van der Waals surface area (Å²) in [6, 6.07) is -0.727. The van der Waals surface area contributed by atoms with Crippen molar-refractivity contribution in [3.05, 3.63) is 11.9 Å². The van der Waals surface area contributed by atoms with Crippen molar-refractivity contribution in [2.75, 3.05) is 6.54 Å². The average Bonchev–Trinajstić information content (AvgIpc) is 2.84. The molecular formula is C9H12N4O3. The Labute approximate surface area is 91.7 Å².